The molecule has 4 aromatic rings. The molecular formula is C21H20ClFN6O2. The predicted octanol–water partition coefficient (Wildman–Crippen LogP) is 4.19. The number of H-pyrrole nitrogens is 1. The van der Waals surface area contributed by atoms with E-state index in [9.17, 15) is 9.18 Å². The van der Waals surface area contributed by atoms with Crippen LogP contribution in [0.1, 0.15) is 13.8 Å². The molecule has 10 heteroatoms. The molecule has 8 nitrogen and oxygen atoms in total. The summed E-state index contributed by atoms with van der Waals surface area (Å²) < 4.78 is 21.2. The maximum Gasteiger partial charge on any atom is 0.258 e. The number of amides is 1. The zero-order valence-corrected chi connectivity index (χ0v) is 17.6. The van der Waals surface area contributed by atoms with Crippen molar-refractivity contribution in [3.8, 4) is 11.4 Å². The zero-order valence-electron chi connectivity index (χ0n) is 16.8. The highest BCUT2D eigenvalue weighted by molar-refractivity contribution is 6.38. The summed E-state index contributed by atoms with van der Waals surface area (Å²) in [5, 5.41) is 18.4. The van der Waals surface area contributed by atoms with Gasteiger partial charge in [-0.3, -0.25) is 9.89 Å². The number of carbonyl (C=O) groups excluding carboxylic acids is 1. The Morgan fingerprint density at radius 3 is 2.90 bits per heavy atom. The highest BCUT2D eigenvalue weighted by Crippen LogP contribution is 2.31. The molecule has 2 aromatic carbocycles. The summed E-state index contributed by atoms with van der Waals surface area (Å²) in [6.07, 6.45) is 3.35. The first-order valence-electron chi connectivity index (χ1n) is 9.57. The summed E-state index contributed by atoms with van der Waals surface area (Å²) >= 11 is 6.43. The van der Waals surface area contributed by atoms with Gasteiger partial charge in [-0.05, 0) is 38.1 Å². The van der Waals surface area contributed by atoms with Crippen LogP contribution in [0.2, 0.25) is 5.02 Å². The highest BCUT2D eigenvalue weighted by atomic mass is 35.5. The molecule has 0 fully saturated rings. The van der Waals surface area contributed by atoms with Crippen LogP contribution < -0.4 is 15.4 Å². The molecule has 0 atom stereocenters. The molecule has 0 unspecified atom stereocenters. The van der Waals surface area contributed by atoms with Crippen LogP contribution in [0.3, 0.4) is 0 Å². The van der Waals surface area contributed by atoms with E-state index >= 15 is 0 Å². The van der Waals surface area contributed by atoms with Gasteiger partial charge in [0.15, 0.2) is 24.0 Å². The van der Waals surface area contributed by atoms with Gasteiger partial charge in [-0.15, -0.1) is 0 Å². The molecule has 31 heavy (non-hydrogen) atoms. The molecule has 0 bridgehead atoms. The molecule has 2 heterocycles. The molecule has 0 saturated heterocycles. The van der Waals surface area contributed by atoms with Crippen molar-refractivity contribution < 1.29 is 13.9 Å². The largest absolute Gasteiger partial charge is 0.481 e. The zero-order chi connectivity index (χ0) is 22.0. The Kier molecular flexibility index (Phi) is 5.77. The van der Waals surface area contributed by atoms with Crippen LogP contribution in [0.15, 0.2) is 48.8 Å². The van der Waals surface area contributed by atoms with E-state index in [1.807, 2.05) is 26.0 Å². The minimum atomic E-state index is -0.590. The van der Waals surface area contributed by atoms with Crippen molar-refractivity contribution in [1.82, 2.24) is 25.3 Å². The second-order valence-electron chi connectivity index (χ2n) is 7.15. The molecule has 0 aliphatic carbocycles. The fourth-order valence-corrected chi connectivity index (χ4v) is 3.27. The minimum Gasteiger partial charge on any atom is -0.481 e. The molecule has 0 spiro atoms. The van der Waals surface area contributed by atoms with E-state index in [-0.39, 0.29) is 24.3 Å². The maximum atomic E-state index is 14.4. The number of aromatic amines is 1. The number of hydrogen-bond donors (Lipinski definition) is 3. The summed E-state index contributed by atoms with van der Waals surface area (Å²) in [6.45, 7) is 3.42. The van der Waals surface area contributed by atoms with E-state index < -0.39 is 5.82 Å². The van der Waals surface area contributed by atoms with Crippen molar-refractivity contribution in [2.45, 2.75) is 19.9 Å². The number of benzene rings is 2. The van der Waals surface area contributed by atoms with Crippen molar-refractivity contribution in [2.24, 2.45) is 0 Å². The third-order valence-electron chi connectivity index (χ3n) is 4.40. The fraction of sp³-hybridized carbons (Fsp3) is 0.190. The van der Waals surface area contributed by atoms with E-state index in [4.69, 9.17) is 16.3 Å². The monoisotopic (exact) mass is 442 g/mol. The number of halogens is 2. The molecule has 0 radical (unpaired) electrons. The van der Waals surface area contributed by atoms with Gasteiger partial charge in [0.2, 0.25) is 0 Å². The van der Waals surface area contributed by atoms with Crippen molar-refractivity contribution in [3.63, 3.8) is 0 Å². The van der Waals surface area contributed by atoms with Crippen molar-refractivity contribution in [2.75, 3.05) is 11.9 Å². The quantitative estimate of drug-likeness (QED) is 0.399. The summed E-state index contributed by atoms with van der Waals surface area (Å²) in [7, 11) is 0. The van der Waals surface area contributed by atoms with Crippen LogP contribution >= 0.6 is 11.6 Å². The second-order valence-corrected chi connectivity index (χ2v) is 7.53. The Balaban J connectivity index is 1.46. The predicted molar refractivity (Wildman–Crippen MR) is 117 cm³/mol. The number of ether oxygens (including phenoxy) is 1. The van der Waals surface area contributed by atoms with Crippen LogP contribution in [-0.4, -0.2) is 38.5 Å². The first kappa shape index (κ1) is 20.7. The number of rotatable bonds is 7. The minimum absolute atomic E-state index is 0.00615. The van der Waals surface area contributed by atoms with E-state index in [1.54, 1.807) is 24.5 Å². The van der Waals surface area contributed by atoms with Gasteiger partial charge in [-0.2, -0.15) is 10.2 Å². The molecule has 3 N–H and O–H groups in total. The Hall–Kier alpha value is -3.59. The molecule has 0 aliphatic rings. The lowest BCUT2D eigenvalue weighted by atomic mass is 10.2. The first-order chi connectivity index (χ1) is 14.9. The molecule has 1 amide bonds. The third kappa shape index (κ3) is 4.61. The molecule has 0 saturated carbocycles. The lowest BCUT2D eigenvalue weighted by molar-refractivity contribution is -0.123. The first-order valence-corrected chi connectivity index (χ1v) is 9.95. The second kappa shape index (κ2) is 8.65. The van der Waals surface area contributed by atoms with Gasteiger partial charge in [-0.25, -0.2) is 9.07 Å². The number of nitrogens with one attached hydrogen (secondary N) is 3. The normalized spacial score (nSPS) is 11.1. The average molecular weight is 443 g/mol. The maximum absolute atomic E-state index is 14.4. The Bertz CT molecular complexity index is 1240. The lowest BCUT2D eigenvalue weighted by Crippen LogP contribution is -2.34. The number of aromatic nitrogens is 4. The van der Waals surface area contributed by atoms with Crippen LogP contribution in [0.5, 0.6) is 5.75 Å². The molecule has 0 aliphatic heterocycles. The van der Waals surface area contributed by atoms with E-state index in [0.717, 1.165) is 10.9 Å². The number of carbonyl (C=O) groups is 1. The van der Waals surface area contributed by atoms with Crippen LogP contribution in [0.4, 0.5) is 15.9 Å². The summed E-state index contributed by atoms with van der Waals surface area (Å²) in [6, 6.07) is 9.83. The number of nitrogens with zero attached hydrogens (tertiary/aromatic N) is 3. The number of anilines is 2. The Morgan fingerprint density at radius 2 is 2.13 bits per heavy atom. The molecule has 4 rings (SSSR count). The van der Waals surface area contributed by atoms with Gasteiger partial charge in [0, 0.05) is 29.8 Å². The van der Waals surface area contributed by atoms with E-state index in [0.29, 0.717) is 22.2 Å². The van der Waals surface area contributed by atoms with Gasteiger partial charge < -0.3 is 15.4 Å². The van der Waals surface area contributed by atoms with Gasteiger partial charge in [0.1, 0.15) is 0 Å². The van der Waals surface area contributed by atoms with Crippen LogP contribution in [-0.2, 0) is 4.79 Å². The van der Waals surface area contributed by atoms with Crippen molar-refractivity contribution in [1.29, 1.82) is 0 Å². The van der Waals surface area contributed by atoms with Crippen molar-refractivity contribution in [3.05, 3.63) is 59.6 Å². The van der Waals surface area contributed by atoms with E-state index in [1.165, 1.54) is 16.8 Å². The average Bonchev–Trinajstić information content (AvgIpc) is 3.38. The third-order valence-corrected chi connectivity index (χ3v) is 4.81. The van der Waals surface area contributed by atoms with Gasteiger partial charge >= 0.3 is 0 Å². The molecular weight excluding hydrogens is 423 g/mol. The Morgan fingerprint density at radius 1 is 1.29 bits per heavy atom. The number of hydrogen-bond acceptors (Lipinski definition) is 5. The molecule has 2 aromatic heterocycles. The summed E-state index contributed by atoms with van der Waals surface area (Å²) in [5.41, 5.74) is 2.01. The van der Waals surface area contributed by atoms with Gasteiger partial charge in [-0.1, -0.05) is 11.6 Å². The lowest BCUT2D eigenvalue weighted by Gasteiger charge is -2.11. The summed E-state index contributed by atoms with van der Waals surface area (Å²) in [5.74, 6) is -0.369. The highest BCUT2D eigenvalue weighted by Gasteiger charge is 2.12. The van der Waals surface area contributed by atoms with Gasteiger partial charge in [0.05, 0.1) is 28.1 Å². The van der Waals surface area contributed by atoms with Gasteiger partial charge in [0.25, 0.3) is 5.91 Å². The summed E-state index contributed by atoms with van der Waals surface area (Å²) in [4.78, 5) is 11.7. The SMILES string of the molecule is CC(C)NC(=O)COc1ccc(-n2ccc(Nc3ccc4[nH]ncc4c3Cl)n2)cc1F. The standard InChI is InChI=1S/C21H20ClFN6O2/c1-12(2)25-20(30)11-31-18-6-3-13(9-15(18)23)29-8-7-19(28-29)26-17-5-4-16-14(21(17)22)10-24-27-16/h3-10,12H,11H2,1-2H3,(H,24,27)(H,25,30)(H,26,28). The van der Waals surface area contributed by atoms with Crippen molar-refractivity contribution >= 4 is 39.9 Å². The van der Waals surface area contributed by atoms with Crippen LogP contribution in [0.25, 0.3) is 16.6 Å². The molecule has 160 valence electrons. The number of fused-ring (bicyclic) bond motifs is 1. The smallest absolute Gasteiger partial charge is 0.258 e. The fourth-order valence-electron chi connectivity index (χ4n) is 3.01. The topological polar surface area (TPSA) is 96.9 Å². The van der Waals surface area contributed by atoms with Crippen LogP contribution in [0, 0.1) is 5.82 Å². The Labute approximate surface area is 182 Å². The van der Waals surface area contributed by atoms with E-state index in [2.05, 4.69) is 25.9 Å².